The number of hydrogen-bond acceptors (Lipinski definition) is 4. The molecule has 0 radical (unpaired) electrons. The van der Waals surface area contributed by atoms with Gasteiger partial charge in [-0.25, -0.2) is 12.8 Å². The molecule has 3 aromatic rings. The van der Waals surface area contributed by atoms with E-state index in [9.17, 15) is 22.4 Å². The van der Waals surface area contributed by atoms with Gasteiger partial charge in [0.2, 0.25) is 21.8 Å². The van der Waals surface area contributed by atoms with Gasteiger partial charge in [0.15, 0.2) is 0 Å². The lowest BCUT2D eigenvalue weighted by molar-refractivity contribution is -0.140. The highest BCUT2D eigenvalue weighted by Gasteiger charge is 2.33. The van der Waals surface area contributed by atoms with Gasteiger partial charge in [0.25, 0.3) is 0 Å². The van der Waals surface area contributed by atoms with E-state index in [0.717, 1.165) is 28.1 Å². The smallest absolute Gasteiger partial charge is 0.244 e. The number of nitrogens with zero attached hydrogens (tertiary/aromatic N) is 2. The minimum atomic E-state index is -3.86. The number of benzene rings is 3. The summed E-state index contributed by atoms with van der Waals surface area (Å²) in [7, 11) is -3.86. The highest BCUT2D eigenvalue weighted by Crippen LogP contribution is 2.22. The summed E-state index contributed by atoms with van der Waals surface area (Å²) in [6.45, 7) is 5.56. The average Bonchev–Trinajstić information content (AvgIpc) is 2.93. The average molecular weight is 568 g/mol. The van der Waals surface area contributed by atoms with E-state index < -0.39 is 34.3 Å². The van der Waals surface area contributed by atoms with Gasteiger partial charge >= 0.3 is 0 Å². The van der Waals surface area contributed by atoms with Gasteiger partial charge in [0.05, 0.1) is 11.9 Å². The van der Waals surface area contributed by atoms with E-state index in [4.69, 9.17) is 0 Å². The largest absolute Gasteiger partial charge is 0.354 e. The summed E-state index contributed by atoms with van der Waals surface area (Å²) in [6, 6.07) is 21.2. The number of carbonyl (C=O) groups excluding carboxylic acids is 2. The number of anilines is 1. The number of hydrogen-bond donors (Lipinski definition) is 1. The fraction of sp³-hybridized carbons (Fsp3) is 0.355. The lowest BCUT2D eigenvalue weighted by atomic mass is 10.0. The van der Waals surface area contributed by atoms with Crippen molar-refractivity contribution in [2.45, 2.75) is 46.2 Å². The van der Waals surface area contributed by atoms with Crippen LogP contribution in [0.1, 0.15) is 37.5 Å². The van der Waals surface area contributed by atoms with Crippen molar-refractivity contribution in [3.63, 3.8) is 0 Å². The van der Waals surface area contributed by atoms with Crippen molar-refractivity contribution in [1.29, 1.82) is 0 Å². The third kappa shape index (κ3) is 8.64. The first kappa shape index (κ1) is 30.8. The van der Waals surface area contributed by atoms with E-state index >= 15 is 0 Å². The highest BCUT2D eigenvalue weighted by molar-refractivity contribution is 7.92. The molecule has 9 heteroatoms. The second kappa shape index (κ2) is 14.1. The molecule has 1 unspecified atom stereocenters. The molecule has 214 valence electrons. The number of halogens is 1. The quantitative estimate of drug-likeness (QED) is 0.328. The van der Waals surface area contributed by atoms with Crippen molar-refractivity contribution in [3.05, 3.63) is 101 Å². The van der Waals surface area contributed by atoms with Gasteiger partial charge in [-0.3, -0.25) is 13.9 Å². The summed E-state index contributed by atoms with van der Waals surface area (Å²) >= 11 is 0. The topological polar surface area (TPSA) is 86.8 Å². The number of sulfonamides is 1. The molecule has 0 fully saturated rings. The molecule has 0 bridgehead atoms. The van der Waals surface area contributed by atoms with Crippen LogP contribution in [-0.2, 0) is 39.0 Å². The van der Waals surface area contributed by atoms with Crippen molar-refractivity contribution >= 4 is 27.5 Å². The van der Waals surface area contributed by atoms with Crippen LogP contribution >= 0.6 is 0 Å². The summed E-state index contributed by atoms with van der Waals surface area (Å²) < 4.78 is 41.5. The molecule has 0 aliphatic rings. The zero-order valence-corrected chi connectivity index (χ0v) is 24.3. The fourth-order valence-corrected chi connectivity index (χ4v) is 5.15. The molecule has 2 amide bonds. The lowest BCUT2D eigenvalue weighted by Gasteiger charge is -2.33. The molecule has 0 saturated carbocycles. The maximum Gasteiger partial charge on any atom is 0.244 e. The molecule has 3 rings (SSSR count). The zero-order valence-electron chi connectivity index (χ0n) is 23.5. The first-order chi connectivity index (χ1) is 19.0. The van der Waals surface area contributed by atoms with Crippen molar-refractivity contribution in [2.24, 2.45) is 5.92 Å². The van der Waals surface area contributed by atoms with Gasteiger partial charge < -0.3 is 10.2 Å². The molecular formula is C31H38FN3O4S. The van der Waals surface area contributed by atoms with Crippen LogP contribution in [0.5, 0.6) is 0 Å². The van der Waals surface area contributed by atoms with Crippen LogP contribution in [0.3, 0.4) is 0 Å². The van der Waals surface area contributed by atoms with Gasteiger partial charge in [0.1, 0.15) is 18.4 Å². The Hall–Kier alpha value is -3.72. The van der Waals surface area contributed by atoms with Crippen molar-refractivity contribution in [1.82, 2.24) is 10.2 Å². The Balaban J connectivity index is 2.04. The monoisotopic (exact) mass is 567 g/mol. The molecule has 0 saturated heterocycles. The van der Waals surface area contributed by atoms with Gasteiger partial charge in [0, 0.05) is 25.1 Å². The van der Waals surface area contributed by atoms with Crippen LogP contribution in [0.2, 0.25) is 0 Å². The summed E-state index contributed by atoms with van der Waals surface area (Å²) in [5.74, 6) is -1.35. The van der Waals surface area contributed by atoms with Gasteiger partial charge in [-0.15, -0.1) is 0 Å². The highest BCUT2D eigenvalue weighted by atomic mass is 32.2. The molecule has 0 aromatic heterocycles. The molecule has 40 heavy (non-hydrogen) atoms. The Morgan fingerprint density at radius 3 is 2.10 bits per heavy atom. The first-order valence-corrected chi connectivity index (χ1v) is 15.3. The molecule has 1 N–H and O–H groups in total. The Morgan fingerprint density at radius 2 is 1.52 bits per heavy atom. The Labute approximate surface area is 237 Å². The zero-order chi connectivity index (χ0) is 29.3. The predicted octanol–water partition coefficient (Wildman–Crippen LogP) is 4.57. The Kier molecular flexibility index (Phi) is 10.8. The number of nitrogens with one attached hydrogen (secondary N) is 1. The fourth-order valence-electron chi connectivity index (χ4n) is 4.30. The molecule has 7 nitrogen and oxygen atoms in total. The Morgan fingerprint density at radius 1 is 0.900 bits per heavy atom. The summed E-state index contributed by atoms with van der Waals surface area (Å²) in [4.78, 5) is 28.9. The minimum absolute atomic E-state index is 0.170. The van der Waals surface area contributed by atoms with E-state index in [2.05, 4.69) is 5.32 Å². The molecule has 0 spiro atoms. The summed E-state index contributed by atoms with van der Waals surface area (Å²) in [5, 5.41) is 2.91. The van der Waals surface area contributed by atoms with Gasteiger partial charge in [-0.1, -0.05) is 81.4 Å². The van der Waals surface area contributed by atoms with E-state index in [0.29, 0.717) is 12.2 Å². The van der Waals surface area contributed by atoms with E-state index in [-0.39, 0.29) is 30.4 Å². The van der Waals surface area contributed by atoms with E-state index in [1.54, 1.807) is 30.3 Å². The maximum absolute atomic E-state index is 14.8. The van der Waals surface area contributed by atoms with Crippen LogP contribution in [0.4, 0.5) is 10.1 Å². The molecule has 0 aliphatic heterocycles. The Bertz CT molecular complexity index is 1380. The molecule has 1 atom stereocenters. The van der Waals surface area contributed by atoms with E-state index in [1.165, 1.54) is 11.0 Å². The molecule has 3 aromatic carbocycles. The van der Waals surface area contributed by atoms with Crippen molar-refractivity contribution in [2.75, 3.05) is 23.7 Å². The molecular weight excluding hydrogens is 529 g/mol. The standard InChI is InChI=1S/C31H38FN3O4S/c1-5-24-15-17-27(18-16-24)35(40(4,38)39)22-30(36)34(21-26-13-9-10-14-28(26)32)29(31(37)33-20-23(2)3)19-25-11-7-6-8-12-25/h6-18,23,29H,5,19-22H2,1-4H3,(H,33,37). The first-order valence-electron chi connectivity index (χ1n) is 13.4. The second-order valence-corrected chi connectivity index (χ2v) is 12.2. The van der Waals surface area contributed by atoms with Crippen LogP contribution in [0, 0.1) is 11.7 Å². The third-order valence-corrected chi connectivity index (χ3v) is 7.71. The van der Waals surface area contributed by atoms with Crippen molar-refractivity contribution < 1.29 is 22.4 Å². The second-order valence-electron chi connectivity index (χ2n) is 10.2. The van der Waals surface area contributed by atoms with Crippen LogP contribution in [0.15, 0.2) is 78.9 Å². The predicted molar refractivity (Wildman–Crippen MR) is 157 cm³/mol. The molecule has 0 aliphatic carbocycles. The minimum Gasteiger partial charge on any atom is -0.354 e. The number of rotatable bonds is 13. The summed E-state index contributed by atoms with van der Waals surface area (Å²) in [5.41, 5.74) is 2.40. The van der Waals surface area contributed by atoms with Crippen LogP contribution in [-0.4, -0.2) is 50.5 Å². The lowest BCUT2D eigenvalue weighted by Crippen LogP contribution is -2.53. The number of aryl methyl sites for hydroxylation is 1. The van der Waals surface area contributed by atoms with Crippen molar-refractivity contribution in [3.8, 4) is 0 Å². The molecule has 0 heterocycles. The third-order valence-electron chi connectivity index (χ3n) is 6.57. The van der Waals surface area contributed by atoms with Gasteiger partial charge in [-0.05, 0) is 41.7 Å². The SMILES string of the molecule is CCc1ccc(N(CC(=O)N(Cc2ccccc2F)C(Cc2ccccc2)C(=O)NCC(C)C)S(C)(=O)=O)cc1. The van der Waals surface area contributed by atoms with E-state index in [1.807, 2.05) is 63.2 Å². The summed E-state index contributed by atoms with van der Waals surface area (Å²) in [6.07, 6.45) is 1.99. The number of carbonyl (C=O) groups is 2. The van der Waals surface area contributed by atoms with Gasteiger partial charge in [-0.2, -0.15) is 0 Å². The maximum atomic E-state index is 14.8. The van der Waals surface area contributed by atoms with Crippen LogP contribution in [0.25, 0.3) is 0 Å². The van der Waals surface area contributed by atoms with Crippen LogP contribution < -0.4 is 9.62 Å². The number of amides is 2. The normalized spacial score (nSPS) is 12.2.